The van der Waals surface area contributed by atoms with E-state index in [0.29, 0.717) is 11.3 Å². The predicted octanol–water partition coefficient (Wildman–Crippen LogP) is 3.35. The summed E-state index contributed by atoms with van der Waals surface area (Å²) in [5.41, 5.74) is 7.56. The summed E-state index contributed by atoms with van der Waals surface area (Å²) in [5, 5.41) is 0. The van der Waals surface area contributed by atoms with Crippen LogP contribution in [0.5, 0.6) is 0 Å². The van der Waals surface area contributed by atoms with Crippen LogP contribution in [0.15, 0.2) is 65.6 Å². The van der Waals surface area contributed by atoms with E-state index in [1.165, 1.54) is 0 Å². The van der Waals surface area contributed by atoms with E-state index in [2.05, 4.69) is 33.4 Å². The van der Waals surface area contributed by atoms with Gasteiger partial charge in [-0.1, -0.05) is 49.0 Å². The molecule has 1 amide bonds. The lowest BCUT2D eigenvalue weighted by Crippen LogP contribution is -2.36. The van der Waals surface area contributed by atoms with Gasteiger partial charge >= 0.3 is 0 Å². The molecule has 3 nitrogen and oxygen atoms in total. The Labute approximate surface area is 120 Å². The number of carbonyl (C=O) groups is 1. The second kappa shape index (κ2) is 6.20. The molecule has 0 aliphatic heterocycles. The summed E-state index contributed by atoms with van der Waals surface area (Å²) in [6, 6.07) is 16.8. The van der Waals surface area contributed by atoms with Crippen molar-refractivity contribution in [2.75, 3.05) is 0 Å². The second-order valence-electron chi connectivity index (χ2n) is 3.90. The summed E-state index contributed by atoms with van der Waals surface area (Å²) < 4.78 is 0.750. The molecule has 0 bridgehead atoms. The van der Waals surface area contributed by atoms with Crippen LogP contribution in [0.2, 0.25) is 0 Å². The van der Waals surface area contributed by atoms with E-state index in [9.17, 15) is 4.79 Å². The van der Waals surface area contributed by atoms with Gasteiger partial charge in [0.2, 0.25) is 0 Å². The molecule has 19 heavy (non-hydrogen) atoms. The summed E-state index contributed by atoms with van der Waals surface area (Å²) >= 11 is 3.34. The quantitative estimate of drug-likeness (QED) is 0.849. The number of halogens is 1. The van der Waals surface area contributed by atoms with Crippen LogP contribution in [0.1, 0.15) is 15.9 Å². The molecule has 0 aliphatic carbocycles. The Morgan fingerprint density at radius 3 is 2.26 bits per heavy atom. The molecule has 0 unspecified atom stereocenters. The SMILES string of the molecule is C=C(NNC(=O)c1ccccc1Br)c1ccccc1. The van der Waals surface area contributed by atoms with E-state index in [4.69, 9.17) is 0 Å². The molecule has 2 rings (SSSR count). The summed E-state index contributed by atoms with van der Waals surface area (Å²) in [5.74, 6) is -0.218. The molecule has 4 heteroatoms. The van der Waals surface area contributed by atoms with Crippen LogP contribution >= 0.6 is 15.9 Å². The molecule has 2 aromatic rings. The van der Waals surface area contributed by atoms with Crippen molar-refractivity contribution in [2.24, 2.45) is 0 Å². The Morgan fingerprint density at radius 1 is 0.947 bits per heavy atom. The molecule has 0 spiro atoms. The van der Waals surface area contributed by atoms with Crippen molar-refractivity contribution >= 4 is 27.5 Å². The van der Waals surface area contributed by atoms with E-state index in [0.717, 1.165) is 10.0 Å². The van der Waals surface area contributed by atoms with Crippen LogP contribution in [-0.2, 0) is 0 Å². The minimum atomic E-state index is -0.218. The number of amides is 1. The summed E-state index contributed by atoms with van der Waals surface area (Å²) in [6.45, 7) is 3.88. The fraction of sp³-hybridized carbons (Fsp3) is 0. The van der Waals surface area contributed by atoms with Crippen molar-refractivity contribution in [3.8, 4) is 0 Å². The zero-order chi connectivity index (χ0) is 13.7. The molecule has 2 N–H and O–H groups in total. The Balaban J connectivity index is 1.98. The first-order chi connectivity index (χ1) is 9.18. The largest absolute Gasteiger partial charge is 0.298 e. The molecule has 0 radical (unpaired) electrons. The standard InChI is InChI=1S/C15H13BrN2O/c1-11(12-7-3-2-4-8-12)17-18-15(19)13-9-5-6-10-14(13)16/h2-10,17H,1H2,(H,18,19). The third-order valence-corrected chi connectivity index (χ3v) is 3.26. The molecule has 0 atom stereocenters. The van der Waals surface area contributed by atoms with Gasteiger partial charge in [0.1, 0.15) is 0 Å². The van der Waals surface area contributed by atoms with Crippen molar-refractivity contribution in [3.63, 3.8) is 0 Å². The van der Waals surface area contributed by atoms with Crippen molar-refractivity contribution in [3.05, 3.63) is 76.8 Å². The average Bonchev–Trinajstić information content (AvgIpc) is 2.46. The van der Waals surface area contributed by atoms with Gasteiger partial charge in [-0.15, -0.1) is 0 Å². The van der Waals surface area contributed by atoms with E-state index in [1.807, 2.05) is 48.5 Å². The second-order valence-corrected chi connectivity index (χ2v) is 4.76. The summed E-state index contributed by atoms with van der Waals surface area (Å²) in [4.78, 5) is 12.0. The minimum absolute atomic E-state index is 0.218. The lowest BCUT2D eigenvalue weighted by Gasteiger charge is -2.11. The van der Waals surface area contributed by atoms with Gasteiger partial charge in [0.05, 0.1) is 11.3 Å². The monoisotopic (exact) mass is 316 g/mol. The summed E-state index contributed by atoms with van der Waals surface area (Å²) in [7, 11) is 0. The molecule has 0 heterocycles. The van der Waals surface area contributed by atoms with Crippen LogP contribution in [0.4, 0.5) is 0 Å². The normalized spacial score (nSPS) is 9.74. The van der Waals surface area contributed by atoms with E-state index >= 15 is 0 Å². The highest BCUT2D eigenvalue weighted by atomic mass is 79.9. The van der Waals surface area contributed by atoms with Gasteiger partial charge in [-0.3, -0.25) is 15.6 Å². The molecular weight excluding hydrogens is 304 g/mol. The third kappa shape index (κ3) is 3.45. The predicted molar refractivity (Wildman–Crippen MR) is 80.2 cm³/mol. The smallest absolute Gasteiger partial charge is 0.270 e. The maximum Gasteiger partial charge on any atom is 0.270 e. The molecule has 0 aliphatic rings. The van der Waals surface area contributed by atoms with Crippen LogP contribution < -0.4 is 10.9 Å². The number of hydrazine groups is 1. The van der Waals surface area contributed by atoms with Gasteiger partial charge in [-0.2, -0.15) is 0 Å². The van der Waals surface area contributed by atoms with Crippen LogP contribution in [0.25, 0.3) is 5.70 Å². The molecule has 96 valence electrons. The maximum atomic E-state index is 12.0. The van der Waals surface area contributed by atoms with Crippen LogP contribution in [-0.4, -0.2) is 5.91 Å². The van der Waals surface area contributed by atoms with Crippen molar-refractivity contribution in [1.29, 1.82) is 0 Å². The molecule has 0 saturated heterocycles. The van der Waals surface area contributed by atoms with Gasteiger partial charge in [-0.05, 0) is 33.6 Å². The Morgan fingerprint density at radius 2 is 1.58 bits per heavy atom. The fourth-order valence-electron chi connectivity index (χ4n) is 1.56. The van der Waals surface area contributed by atoms with Crippen LogP contribution in [0, 0.1) is 0 Å². The highest BCUT2D eigenvalue weighted by Crippen LogP contribution is 2.15. The van der Waals surface area contributed by atoms with Gasteiger partial charge < -0.3 is 0 Å². The van der Waals surface area contributed by atoms with E-state index in [-0.39, 0.29) is 5.91 Å². The fourth-order valence-corrected chi connectivity index (χ4v) is 2.02. The summed E-state index contributed by atoms with van der Waals surface area (Å²) in [6.07, 6.45) is 0. The minimum Gasteiger partial charge on any atom is -0.298 e. The zero-order valence-electron chi connectivity index (χ0n) is 10.2. The van der Waals surface area contributed by atoms with Gasteiger partial charge in [0.15, 0.2) is 0 Å². The lowest BCUT2D eigenvalue weighted by atomic mass is 10.2. The lowest BCUT2D eigenvalue weighted by molar-refractivity contribution is 0.0941. The van der Waals surface area contributed by atoms with Gasteiger partial charge in [0.25, 0.3) is 5.91 Å². The number of rotatable bonds is 4. The highest BCUT2D eigenvalue weighted by Gasteiger charge is 2.08. The first-order valence-electron chi connectivity index (χ1n) is 5.73. The van der Waals surface area contributed by atoms with E-state index in [1.54, 1.807) is 6.07 Å². The van der Waals surface area contributed by atoms with E-state index < -0.39 is 0 Å². The third-order valence-electron chi connectivity index (χ3n) is 2.57. The number of nitrogens with one attached hydrogen (secondary N) is 2. The first kappa shape index (κ1) is 13.4. The zero-order valence-corrected chi connectivity index (χ0v) is 11.8. The molecule has 0 saturated carbocycles. The Kier molecular flexibility index (Phi) is 4.36. The van der Waals surface area contributed by atoms with Gasteiger partial charge in [-0.25, -0.2) is 0 Å². The topological polar surface area (TPSA) is 41.1 Å². The van der Waals surface area contributed by atoms with Crippen molar-refractivity contribution in [1.82, 2.24) is 10.9 Å². The van der Waals surface area contributed by atoms with Crippen molar-refractivity contribution in [2.45, 2.75) is 0 Å². The number of carbonyl (C=O) groups excluding carboxylic acids is 1. The maximum absolute atomic E-state index is 12.0. The number of benzene rings is 2. The van der Waals surface area contributed by atoms with Crippen molar-refractivity contribution < 1.29 is 4.79 Å². The highest BCUT2D eigenvalue weighted by molar-refractivity contribution is 9.10. The van der Waals surface area contributed by atoms with Gasteiger partial charge in [0, 0.05) is 4.47 Å². The molecule has 0 fully saturated rings. The number of hydrogen-bond acceptors (Lipinski definition) is 2. The Hall–Kier alpha value is -2.07. The first-order valence-corrected chi connectivity index (χ1v) is 6.53. The number of hydrogen-bond donors (Lipinski definition) is 2. The van der Waals surface area contributed by atoms with Crippen LogP contribution in [0.3, 0.4) is 0 Å². The Bertz CT molecular complexity index is 596. The molecule has 0 aromatic heterocycles. The molecular formula is C15H13BrN2O. The average molecular weight is 317 g/mol. The molecule has 2 aromatic carbocycles.